The Morgan fingerprint density at radius 2 is 2.15 bits per heavy atom. The molecular formula is C15H23NO3S. The van der Waals surface area contributed by atoms with Crippen molar-refractivity contribution in [2.45, 2.75) is 38.5 Å². The molecule has 1 heterocycles. The van der Waals surface area contributed by atoms with E-state index in [9.17, 15) is 8.42 Å². The molecule has 1 atom stereocenters. The molecule has 1 fully saturated rings. The lowest BCUT2D eigenvalue weighted by Gasteiger charge is -2.30. The smallest absolute Gasteiger partial charge is 0.243 e. The van der Waals surface area contributed by atoms with Crippen LogP contribution in [0, 0.1) is 12.8 Å². The molecule has 0 aromatic heterocycles. The zero-order chi connectivity index (χ0) is 14.8. The van der Waals surface area contributed by atoms with Gasteiger partial charge in [-0.15, -0.1) is 0 Å². The summed E-state index contributed by atoms with van der Waals surface area (Å²) in [5, 5.41) is 0. The summed E-state index contributed by atoms with van der Waals surface area (Å²) in [6.45, 7) is 7.72. The second-order valence-electron chi connectivity index (χ2n) is 5.47. The second kappa shape index (κ2) is 6.14. The summed E-state index contributed by atoms with van der Waals surface area (Å²) in [6.07, 6.45) is 2.05. The fourth-order valence-corrected chi connectivity index (χ4v) is 4.30. The van der Waals surface area contributed by atoms with Gasteiger partial charge in [0.15, 0.2) is 0 Å². The highest BCUT2D eigenvalue weighted by Crippen LogP contribution is 2.27. The predicted octanol–water partition coefficient (Wildman–Crippen LogP) is 2.81. The highest BCUT2D eigenvalue weighted by atomic mass is 32.2. The standard InChI is InChI=1S/C15H23NO3S/c1-4-19-15-8-7-14(10-13(15)3)20(17,18)16-9-5-6-12(2)11-16/h7-8,10,12H,4-6,9,11H2,1-3H3/t12-/m0/s1. The van der Waals surface area contributed by atoms with Gasteiger partial charge in [0.05, 0.1) is 11.5 Å². The molecule has 0 N–H and O–H groups in total. The molecule has 1 aromatic rings. The number of rotatable bonds is 4. The maximum atomic E-state index is 12.6. The van der Waals surface area contributed by atoms with E-state index in [1.165, 1.54) is 0 Å². The Hall–Kier alpha value is -1.07. The predicted molar refractivity (Wildman–Crippen MR) is 79.5 cm³/mol. The number of benzene rings is 1. The third-order valence-corrected chi connectivity index (χ3v) is 5.56. The second-order valence-corrected chi connectivity index (χ2v) is 7.41. The molecule has 1 saturated heterocycles. The van der Waals surface area contributed by atoms with Crippen molar-refractivity contribution < 1.29 is 13.2 Å². The number of hydrogen-bond acceptors (Lipinski definition) is 3. The molecule has 0 saturated carbocycles. The van der Waals surface area contributed by atoms with Gasteiger partial charge >= 0.3 is 0 Å². The van der Waals surface area contributed by atoms with Crippen molar-refractivity contribution in [3.05, 3.63) is 23.8 Å². The third kappa shape index (κ3) is 3.15. The molecule has 1 aromatic carbocycles. The van der Waals surface area contributed by atoms with Gasteiger partial charge in [0.1, 0.15) is 5.75 Å². The first kappa shape index (κ1) is 15.3. The number of sulfonamides is 1. The van der Waals surface area contributed by atoms with E-state index >= 15 is 0 Å². The average molecular weight is 297 g/mol. The van der Waals surface area contributed by atoms with Crippen LogP contribution in [0.4, 0.5) is 0 Å². The molecule has 0 amide bonds. The van der Waals surface area contributed by atoms with Crippen LogP contribution in [0.15, 0.2) is 23.1 Å². The van der Waals surface area contributed by atoms with Crippen LogP contribution >= 0.6 is 0 Å². The molecule has 20 heavy (non-hydrogen) atoms. The Morgan fingerprint density at radius 1 is 1.40 bits per heavy atom. The van der Waals surface area contributed by atoms with E-state index in [4.69, 9.17) is 4.74 Å². The van der Waals surface area contributed by atoms with E-state index in [0.717, 1.165) is 24.2 Å². The van der Waals surface area contributed by atoms with Crippen LogP contribution in [0.25, 0.3) is 0 Å². The van der Waals surface area contributed by atoms with Crippen LogP contribution in [-0.2, 0) is 10.0 Å². The molecule has 0 bridgehead atoms. The summed E-state index contributed by atoms with van der Waals surface area (Å²) in [5.41, 5.74) is 0.859. The normalized spacial score (nSPS) is 20.9. The van der Waals surface area contributed by atoms with Crippen LogP contribution in [0.1, 0.15) is 32.3 Å². The number of hydrogen-bond donors (Lipinski definition) is 0. The van der Waals surface area contributed by atoms with Gasteiger partial charge in [-0.25, -0.2) is 8.42 Å². The zero-order valence-corrected chi connectivity index (χ0v) is 13.2. The lowest BCUT2D eigenvalue weighted by molar-refractivity contribution is 0.281. The summed E-state index contributed by atoms with van der Waals surface area (Å²) in [7, 11) is -3.37. The lowest BCUT2D eigenvalue weighted by atomic mass is 10.0. The first-order valence-electron chi connectivity index (χ1n) is 7.18. The van der Waals surface area contributed by atoms with Crippen molar-refractivity contribution in [1.29, 1.82) is 0 Å². The molecule has 0 aliphatic carbocycles. The van der Waals surface area contributed by atoms with Crippen molar-refractivity contribution in [2.24, 2.45) is 5.92 Å². The van der Waals surface area contributed by atoms with Gasteiger partial charge in [-0.2, -0.15) is 4.31 Å². The Labute approximate surface area is 121 Å². The van der Waals surface area contributed by atoms with Crippen LogP contribution in [0.2, 0.25) is 0 Å². The van der Waals surface area contributed by atoms with E-state index in [0.29, 0.717) is 30.5 Å². The zero-order valence-electron chi connectivity index (χ0n) is 12.4. The first-order chi connectivity index (χ1) is 9.45. The minimum atomic E-state index is -3.37. The van der Waals surface area contributed by atoms with E-state index in [-0.39, 0.29) is 0 Å². The van der Waals surface area contributed by atoms with Crippen molar-refractivity contribution in [2.75, 3.05) is 19.7 Å². The Bertz CT molecular complexity index is 568. The highest BCUT2D eigenvalue weighted by Gasteiger charge is 2.28. The van der Waals surface area contributed by atoms with E-state index < -0.39 is 10.0 Å². The minimum Gasteiger partial charge on any atom is -0.494 e. The van der Waals surface area contributed by atoms with Crippen LogP contribution in [0.3, 0.4) is 0 Å². The lowest BCUT2D eigenvalue weighted by Crippen LogP contribution is -2.39. The minimum absolute atomic E-state index is 0.368. The van der Waals surface area contributed by atoms with E-state index in [2.05, 4.69) is 6.92 Å². The maximum absolute atomic E-state index is 12.6. The number of nitrogens with zero attached hydrogens (tertiary/aromatic N) is 1. The molecule has 0 unspecified atom stereocenters. The molecule has 0 spiro atoms. The molecule has 4 nitrogen and oxygen atoms in total. The Balaban J connectivity index is 2.27. The molecule has 1 aliphatic heterocycles. The third-order valence-electron chi connectivity index (χ3n) is 3.70. The van der Waals surface area contributed by atoms with Gasteiger partial charge in [0.25, 0.3) is 0 Å². The highest BCUT2D eigenvalue weighted by molar-refractivity contribution is 7.89. The largest absolute Gasteiger partial charge is 0.494 e. The fraction of sp³-hybridized carbons (Fsp3) is 0.600. The summed E-state index contributed by atoms with van der Waals surface area (Å²) in [6, 6.07) is 5.10. The molecule has 5 heteroatoms. The fourth-order valence-electron chi connectivity index (χ4n) is 2.61. The molecule has 112 valence electrons. The summed E-state index contributed by atoms with van der Waals surface area (Å²) < 4.78 is 32.3. The Morgan fingerprint density at radius 3 is 2.75 bits per heavy atom. The van der Waals surface area contributed by atoms with E-state index in [1.54, 1.807) is 22.5 Å². The van der Waals surface area contributed by atoms with Gasteiger partial charge in [0, 0.05) is 13.1 Å². The average Bonchev–Trinajstić information content (AvgIpc) is 2.41. The Kier molecular flexibility index (Phi) is 4.70. The van der Waals surface area contributed by atoms with Gasteiger partial charge in [0.2, 0.25) is 10.0 Å². The van der Waals surface area contributed by atoms with Crippen molar-refractivity contribution in [1.82, 2.24) is 4.31 Å². The van der Waals surface area contributed by atoms with Gasteiger partial charge < -0.3 is 4.74 Å². The number of ether oxygens (including phenoxy) is 1. The summed E-state index contributed by atoms with van der Waals surface area (Å²) in [5.74, 6) is 1.18. The molecule has 0 radical (unpaired) electrons. The summed E-state index contributed by atoms with van der Waals surface area (Å²) in [4.78, 5) is 0.368. The SMILES string of the molecule is CCOc1ccc(S(=O)(=O)N2CCC[C@H](C)C2)cc1C. The monoisotopic (exact) mass is 297 g/mol. The maximum Gasteiger partial charge on any atom is 0.243 e. The van der Waals surface area contributed by atoms with Crippen molar-refractivity contribution >= 4 is 10.0 Å². The summed E-state index contributed by atoms with van der Waals surface area (Å²) >= 11 is 0. The number of aryl methyl sites for hydroxylation is 1. The van der Waals surface area contributed by atoms with Crippen LogP contribution in [-0.4, -0.2) is 32.4 Å². The van der Waals surface area contributed by atoms with Crippen LogP contribution in [0.5, 0.6) is 5.75 Å². The number of piperidine rings is 1. The van der Waals surface area contributed by atoms with Gasteiger partial charge in [-0.05, 0) is 56.4 Å². The molecular weight excluding hydrogens is 274 g/mol. The topological polar surface area (TPSA) is 46.6 Å². The molecule has 2 rings (SSSR count). The van der Waals surface area contributed by atoms with Crippen molar-refractivity contribution in [3.63, 3.8) is 0 Å². The van der Waals surface area contributed by atoms with Gasteiger partial charge in [-0.3, -0.25) is 0 Å². The quantitative estimate of drug-likeness (QED) is 0.858. The van der Waals surface area contributed by atoms with Gasteiger partial charge in [-0.1, -0.05) is 6.92 Å². The van der Waals surface area contributed by atoms with E-state index in [1.807, 2.05) is 13.8 Å². The first-order valence-corrected chi connectivity index (χ1v) is 8.62. The molecule has 1 aliphatic rings. The van der Waals surface area contributed by atoms with Crippen molar-refractivity contribution in [3.8, 4) is 5.75 Å². The van der Waals surface area contributed by atoms with Crippen LogP contribution < -0.4 is 4.74 Å².